The van der Waals surface area contributed by atoms with Crippen LogP contribution in [0.3, 0.4) is 0 Å². The lowest BCUT2D eigenvalue weighted by Gasteiger charge is -2.04. The number of nitrogen functional groups attached to an aromatic ring is 1. The molecule has 0 radical (unpaired) electrons. The number of nitrogens with zero attached hydrogens (tertiary/aromatic N) is 2. The fourth-order valence-electron chi connectivity index (χ4n) is 0.722. The van der Waals surface area contributed by atoms with Crippen molar-refractivity contribution in [3.63, 3.8) is 0 Å². The lowest BCUT2D eigenvalue weighted by atomic mass is 10.4. The number of rotatable bonds is 2. The monoisotopic (exact) mass is 183 g/mol. The van der Waals surface area contributed by atoms with Gasteiger partial charge in [-0.15, -0.1) is 0 Å². The highest BCUT2D eigenvalue weighted by Gasteiger charge is 2.00. The zero-order chi connectivity index (χ0) is 10.3. The van der Waals surface area contributed by atoms with Crippen LogP contribution in [0, 0.1) is 6.92 Å². The van der Waals surface area contributed by atoms with Gasteiger partial charge in [0, 0.05) is 11.8 Å². The number of nitrogens with two attached hydrogens (primary N) is 1. The van der Waals surface area contributed by atoms with Crippen molar-refractivity contribution < 1.29 is 4.74 Å². The second-order valence-electron chi connectivity index (χ2n) is 2.15. The minimum atomic E-state index is 0.249. The van der Waals surface area contributed by atoms with Crippen molar-refractivity contribution in [3.05, 3.63) is 11.8 Å². The summed E-state index contributed by atoms with van der Waals surface area (Å²) in [6.07, 6.45) is 1.65. The summed E-state index contributed by atoms with van der Waals surface area (Å²) in [4.78, 5) is 7.72. The fourth-order valence-corrected chi connectivity index (χ4v) is 0.722. The van der Waals surface area contributed by atoms with E-state index in [1.54, 1.807) is 6.20 Å². The minimum absolute atomic E-state index is 0.249. The van der Waals surface area contributed by atoms with Gasteiger partial charge in [0.25, 0.3) is 0 Å². The van der Waals surface area contributed by atoms with Crippen LogP contribution in [0.5, 0.6) is 5.88 Å². The third-order valence-electron chi connectivity index (χ3n) is 1.22. The van der Waals surface area contributed by atoms with Gasteiger partial charge < -0.3 is 10.5 Å². The summed E-state index contributed by atoms with van der Waals surface area (Å²) in [7, 11) is 0. The topological polar surface area (TPSA) is 61.0 Å². The molecule has 2 N–H and O–H groups in total. The minimum Gasteiger partial charge on any atom is -0.478 e. The summed E-state index contributed by atoms with van der Waals surface area (Å²) in [5.74, 6) is 0.819. The van der Waals surface area contributed by atoms with Crippen molar-refractivity contribution in [1.82, 2.24) is 9.97 Å². The third kappa shape index (κ3) is 3.73. The Bertz CT molecular complexity index is 251. The van der Waals surface area contributed by atoms with Gasteiger partial charge in [0.15, 0.2) is 0 Å². The lowest BCUT2D eigenvalue weighted by molar-refractivity contribution is 0.324. The average molecular weight is 183 g/mol. The van der Waals surface area contributed by atoms with Crippen LogP contribution < -0.4 is 10.5 Å². The number of hydrogen-bond donors (Lipinski definition) is 1. The summed E-state index contributed by atoms with van der Waals surface area (Å²) in [5.41, 5.74) is 6.26. The summed E-state index contributed by atoms with van der Waals surface area (Å²) in [6, 6.07) is 0. The second kappa shape index (κ2) is 6.22. The van der Waals surface area contributed by atoms with Crippen molar-refractivity contribution in [2.45, 2.75) is 27.7 Å². The Balaban J connectivity index is 0.000000671. The van der Waals surface area contributed by atoms with Crippen molar-refractivity contribution in [1.29, 1.82) is 0 Å². The zero-order valence-electron chi connectivity index (χ0n) is 8.66. The molecule has 1 rings (SSSR count). The smallest absolute Gasteiger partial charge is 0.223 e. The quantitative estimate of drug-likeness (QED) is 0.759. The van der Waals surface area contributed by atoms with Crippen molar-refractivity contribution in [2.24, 2.45) is 0 Å². The average Bonchev–Trinajstić information content (AvgIpc) is 2.15. The van der Waals surface area contributed by atoms with E-state index in [0.29, 0.717) is 12.5 Å². The number of anilines is 1. The van der Waals surface area contributed by atoms with E-state index in [0.717, 1.165) is 5.56 Å². The molecule has 0 saturated heterocycles. The van der Waals surface area contributed by atoms with E-state index in [9.17, 15) is 0 Å². The Morgan fingerprint density at radius 3 is 2.62 bits per heavy atom. The molecule has 0 aliphatic carbocycles. The predicted octanol–water partition coefficient (Wildman–Crippen LogP) is 1.79. The second-order valence-corrected chi connectivity index (χ2v) is 2.15. The van der Waals surface area contributed by atoms with Crippen LogP contribution >= 0.6 is 0 Å². The Kier molecular flexibility index (Phi) is 5.59. The van der Waals surface area contributed by atoms with E-state index in [-0.39, 0.29) is 5.95 Å². The Morgan fingerprint density at radius 1 is 1.46 bits per heavy atom. The third-order valence-corrected chi connectivity index (χ3v) is 1.22. The van der Waals surface area contributed by atoms with Crippen LogP contribution in [0.15, 0.2) is 6.20 Å². The normalized spacial score (nSPS) is 8.62. The maximum atomic E-state index is 5.36. The summed E-state index contributed by atoms with van der Waals surface area (Å²) in [6.45, 7) is 8.37. The largest absolute Gasteiger partial charge is 0.478 e. The molecule has 0 amide bonds. The molecule has 0 saturated carbocycles. The van der Waals surface area contributed by atoms with Gasteiger partial charge in [-0.3, -0.25) is 0 Å². The van der Waals surface area contributed by atoms with E-state index < -0.39 is 0 Å². The van der Waals surface area contributed by atoms with Crippen LogP contribution in [-0.4, -0.2) is 16.6 Å². The molecule has 1 heterocycles. The van der Waals surface area contributed by atoms with Crippen molar-refractivity contribution in [2.75, 3.05) is 12.3 Å². The number of ether oxygens (including phenoxy) is 1. The number of aromatic nitrogens is 2. The van der Waals surface area contributed by atoms with Crippen molar-refractivity contribution >= 4 is 5.95 Å². The molecule has 1 aromatic heterocycles. The van der Waals surface area contributed by atoms with Gasteiger partial charge in [-0.25, -0.2) is 4.98 Å². The molecule has 0 aliphatic heterocycles. The first-order chi connectivity index (χ1) is 6.24. The standard InChI is InChI=1S/C7H11N3O.C2H6/c1-3-11-6-5(2)4-9-7(8)10-6;1-2/h4H,3H2,1-2H3,(H2,8,9,10);1-2H3. The molecule has 0 atom stereocenters. The molecule has 1 aromatic rings. The molecule has 0 fully saturated rings. The van der Waals surface area contributed by atoms with Gasteiger partial charge in [-0.1, -0.05) is 13.8 Å². The highest BCUT2D eigenvalue weighted by atomic mass is 16.5. The molecule has 4 nitrogen and oxygen atoms in total. The lowest BCUT2D eigenvalue weighted by Crippen LogP contribution is -2.01. The van der Waals surface area contributed by atoms with Crippen molar-refractivity contribution in [3.8, 4) is 5.88 Å². The van der Waals surface area contributed by atoms with Gasteiger partial charge in [0.05, 0.1) is 6.61 Å². The van der Waals surface area contributed by atoms with E-state index in [1.165, 1.54) is 0 Å². The maximum Gasteiger partial charge on any atom is 0.223 e. The Hall–Kier alpha value is -1.32. The van der Waals surface area contributed by atoms with Crippen LogP contribution in [0.2, 0.25) is 0 Å². The Labute approximate surface area is 79.2 Å². The fraction of sp³-hybridized carbons (Fsp3) is 0.556. The molecular weight excluding hydrogens is 166 g/mol. The molecule has 0 aliphatic rings. The molecule has 4 heteroatoms. The zero-order valence-corrected chi connectivity index (χ0v) is 8.66. The van der Waals surface area contributed by atoms with E-state index in [1.807, 2.05) is 27.7 Å². The SMILES string of the molecule is CC.CCOc1nc(N)ncc1C. The molecule has 74 valence electrons. The highest BCUT2D eigenvalue weighted by Crippen LogP contribution is 2.12. The molecule has 0 unspecified atom stereocenters. The predicted molar refractivity (Wildman–Crippen MR) is 53.7 cm³/mol. The first kappa shape index (κ1) is 11.7. The molecule has 13 heavy (non-hydrogen) atoms. The summed E-state index contributed by atoms with van der Waals surface area (Å²) in [5, 5.41) is 0. The molecule has 0 aromatic carbocycles. The first-order valence-electron chi connectivity index (χ1n) is 4.46. The van der Waals surface area contributed by atoms with Gasteiger partial charge in [0.1, 0.15) is 0 Å². The van der Waals surface area contributed by atoms with Crippen LogP contribution in [0.1, 0.15) is 26.3 Å². The summed E-state index contributed by atoms with van der Waals surface area (Å²) < 4.78 is 5.19. The first-order valence-corrected chi connectivity index (χ1v) is 4.46. The van der Waals surface area contributed by atoms with Gasteiger partial charge in [0.2, 0.25) is 11.8 Å². The summed E-state index contributed by atoms with van der Waals surface area (Å²) >= 11 is 0. The van der Waals surface area contributed by atoms with E-state index in [2.05, 4.69) is 9.97 Å². The Morgan fingerprint density at radius 2 is 2.08 bits per heavy atom. The highest BCUT2D eigenvalue weighted by molar-refractivity contribution is 5.28. The number of hydrogen-bond acceptors (Lipinski definition) is 4. The van der Waals surface area contributed by atoms with Crippen LogP contribution in [0.4, 0.5) is 5.95 Å². The molecule has 0 bridgehead atoms. The van der Waals surface area contributed by atoms with Crippen LogP contribution in [0.25, 0.3) is 0 Å². The molecule has 0 spiro atoms. The van der Waals surface area contributed by atoms with Crippen LogP contribution in [-0.2, 0) is 0 Å². The van der Waals surface area contributed by atoms with Gasteiger partial charge in [-0.2, -0.15) is 4.98 Å². The van der Waals surface area contributed by atoms with E-state index >= 15 is 0 Å². The van der Waals surface area contributed by atoms with Gasteiger partial charge in [-0.05, 0) is 13.8 Å². The van der Waals surface area contributed by atoms with Gasteiger partial charge >= 0.3 is 0 Å². The molecular formula is C9H17N3O. The number of aryl methyl sites for hydroxylation is 1. The maximum absolute atomic E-state index is 5.36. The van der Waals surface area contributed by atoms with E-state index in [4.69, 9.17) is 10.5 Å².